The molecule has 0 aromatic carbocycles. The summed E-state index contributed by atoms with van der Waals surface area (Å²) in [6, 6.07) is 0.273. The van der Waals surface area contributed by atoms with E-state index in [9.17, 15) is 0 Å². The van der Waals surface area contributed by atoms with E-state index in [4.69, 9.17) is 11.6 Å². The van der Waals surface area contributed by atoms with Crippen molar-refractivity contribution in [1.29, 1.82) is 0 Å². The lowest BCUT2D eigenvalue weighted by Gasteiger charge is -2.34. The van der Waals surface area contributed by atoms with E-state index in [1.54, 1.807) is 6.20 Å². The summed E-state index contributed by atoms with van der Waals surface area (Å²) in [5, 5.41) is 9.86. The largest absolute Gasteiger partial charge is 0.311 e. The monoisotopic (exact) mass is 319 g/mol. The first kappa shape index (κ1) is 15.5. The molecule has 0 amide bonds. The molecule has 1 saturated heterocycles. The molecule has 3 unspecified atom stereocenters. The Morgan fingerprint density at radius 2 is 2.26 bits per heavy atom. The first-order valence-electron chi connectivity index (χ1n) is 6.80. The second-order valence-corrected chi connectivity index (χ2v) is 7.96. The number of nitrogens with zero attached hydrogens (tertiary/aromatic N) is 2. The Balaban J connectivity index is 2.27. The second kappa shape index (κ2) is 7.25. The van der Waals surface area contributed by atoms with E-state index < -0.39 is 0 Å². The van der Waals surface area contributed by atoms with Gasteiger partial charge in [0.05, 0.1) is 23.0 Å². The van der Waals surface area contributed by atoms with Gasteiger partial charge in [0, 0.05) is 28.6 Å². The van der Waals surface area contributed by atoms with Gasteiger partial charge in [-0.3, -0.25) is 4.68 Å². The predicted molar refractivity (Wildman–Crippen MR) is 87.5 cm³/mol. The summed E-state index contributed by atoms with van der Waals surface area (Å²) in [6.45, 7) is 5.42. The Labute approximate surface area is 129 Å². The van der Waals surface area contributed by atoms with Crippen molar-refractivity contribution in [2.45, 2.75) is 43.4 Å². The highest BCUT2D eigenvalue weighted by Crippen LogP contribution is 2.40. The van der Waals surface area contributed by atoms with Gasteiger partial charge in [-0.2, -0.15) is 28.6 Å². The van der Waals surface area contributed by atoms with Crippen LogP contribution in [0.4, 0.5) is 0 Å². The summed E-state index contributed by atoms with van der Waals surface area (Å²) in [5.74, 6) is 2.47. The zero-order valence-corrected chi connectivity index (χ0v) is 14.1. The lowest BCUT2D eigenvalue weighted by Crippen LogP contribution is -2.37. The molecule has 19 heavy (non-hydrogen) atoms. The van der Waals surface area contributed by atoms with Crippen LogP contribution >= 0.6 is 35.1 Å². The van der Waals surface area contributed by atoms with Gasteiger partial charge < -0.3 is 5.32 Å². The Kier molecular flexibility index (Phi) is 5.93. The highest BCUT2D eigenvalue weighted by atomic mass is 35.5. The molecule has 1 aromatic heterocycles. The van der Waals surface area contributed by atoms with Crippen molar-refractivity contribution in [3.8, 4) is 0 Å². The van der Waals surface area contributed by atoms with Crippen molar-refractivity contribution in [2.24, 2.45) is 0 Å². The summed E-state index contributed by atoms with van der Waals surface area (Å²) in [5.41, 5.74) is 1.15. The number of hydrogen-bond donors (Lipinski definition) is 1. The number of thioether (sulfide) groups is 2. The normalized spacial score (nSPS) is 25.5. The summed E-state index contributed by atoms with van der Waals surface area (Å²) in [6.07, 6.45) is 2.85. The Hall–Kier alpha value is 0.160. The topological polar surface area (TPSA) is 29.9 Å². The average molecular weight is 320 g/mol. The molecule has 1 aliphatic heterocycles. The predicted octanol–water partition coefficient (Wildman–Crippen LogP) is 3.44. The van der Waals surface area contributed by atoms with E-state index in [0.29, 0.717) is 10.5 Å². The van der Waals surface area contributed by atoms with Gasteiger partial charge in [-0.15, -0.1) is 0 Å². The number of rotatable bonds is 5. The standard InChI is InChI=1S/C13H22ClN3S2/c1-4-5-17-12(10(14)8-16-17)11(15-3)13-9(2)18-6-7-19-13/h8-9,11,13,15H,4-7H2,1-3H3. The number of halogens is 1. The maximum atomic E-state index is 6.38. The van der Waals surface area contributed by atoms with Crippen LogP contribution in [0.25, 0.3) is 0 Å². The third kappa shape index (κ3) is 3.43. The van der Waals surface area contributed by atoms with Crippen LogP contribution < -0.4 is 5.32 Å². The van der Waals surface area contributed by atoms with E-state index in [0.717, 1.165) is 23.7 Å². The van der Waals surface area contributed by atoms with E-state index in [-0.39, 0.29) is 6.04 Å². The molecular formula is C13H22ClN3S2. The molecular weight excluding hydrogens is 298 g/mol. The molecule has 0 radical (unpaired) electrons. The molecule has 1 aliphatic rings. The van der Waals surface area contributed by atoms with Gasteiger partial charge in [0.2, 0.25) is 0 Å². The second-order valence-electron chi connectivity index (χ2n) is 4.78. The summed E-state index contributed by atoms with van der Waals surface area (Å²) < 4.78 is 2.07. The zero-order chi connectivity index (χ0) is 13.8. The molecule has 0 bridgehead atoms. The fraction of sp³-hybridized carbons (Fsp3) is 0.769. The molecule has 1 N–H and O–H groups in total. The minimum Gasteiger partial charge on any atom is -0.311 e. The molecule has 0 saturated carbocycles. The van der Waals surface area contributed by atoms with Crippen molar-refractivity contribution in [3.05, 3.63) is 16.9 Å². The lowest BCUT2D eigenvalue weighted by atomic mass is 10.1. The maximum Gasteiger partial charge on any atom is 0.0834 e. The molecule has 3 atom stereocenters. The van der Waals surface area contributed by atoms with Crippen LogP contribution in [0.5, 0.6) is 0 Å². The number of aryl methyl sites for hydroxylation is 1. The van der Waals surface area contributed by atoms with Gasteiger partial charge in [0.1, 0.15) is 0 Å². The molecule has 3 nitrogen and oxygen atoms in total. The molecule has 6 heteroatoms. The molecule has 108 valence electrons. The fourth-order valence-corrected chi connectivity index (χ4v) is 5.76. The molecule has 2 heterocycles. The van der Waals surface area contributed by atoms with Crippen molar-refractivity contribution < 1.29 is 0 Å². The first-order chi connectivity index (χ1) is 9.19. The van der Waals surface area contributed by atoms with E-state index in [1.165, 1.54) is 11.5 Å². The van der Waals surface area contributed by atoms with Gasteiger partial charge in [0.25, 0.3) is 0 Å². The molecule has 2 rings (SSSR count). The molecule has 1 aromatic rings. The van der Waals surface area contributed by atoms with E-state index in [2.05, 4.69) is 52.5 Å². The van der Waals surface area contributed by atoms with Gasteiger partial charge in [0.15, 0.2) is 0 Å². The van der Waals surface area contributed by atoms with Crippen LogP contribution in [0, 0.1) is 0 Å². The van der Waals surface area contributed by atoms with Gasteiger partial charge in [-0.1, -0.05) is 25.4 Å². The highest BCUT2D eigenvalue weighted by Gasteiger charge is 2.33. The first-order valence-corrected chi connectivity index (χ1v) is 9.28. The van der Waals surface area contributed by atoms with Crippen LogP contribution in [0.15, 0.2) is 6.20 Å². The van der Waals surface area contributed by atoms with E-state index in [1.807, 2.05) is 7.05 Å². The lowest BCUT2D eigenvalue weighted by molar-refractivity contribution is 0.484. The van der Waals surface area contributed by atoms with Crippen LogP contribution in [-0.2, 0) is 6.54 Å². The van der Waals surface area contributed by atoms with Crippen molar-refractivity contribution in [1.82, 2.24) is 15.1 Å². The van der Waals surface area contributed by atoms with Gasteiger partial charge in [-0.05, 0) is 13.5 Å². The average Bonchev–Trinajstić information content (AvgIpc) is 2.75. The van der Waals surface area contributed by atoms with Crippen LogP contribution in [0.3, 0.4) is 0 Å². The van der Waals surface area contributed by atoms with Crippen molar-refractivity contribution in [2.75, 3.05) is 18.6 Å². The molecule has 0 spiro atoms. The summed E-state index contributed by atoms with van der Waals surface area (Å²) >= 11 is 10.5. The third-order valence-corrected chi connectivity index (χ3v) is 6.93. The highest BCUT2D eigenvalue weighted by molar-refractivity contribution is 8.07. The van der Waals surface area contributed by atoms with Crippen molar-refractivity contribution >= 4 is 35.1 Å². The van der Waals surface area contributed by atoms with Crippen LogP contribution in [-0.4, -0.2) is 38.8 Å². The quantitative estimate of drug-likeness (QED) is 0.900. The Morgan fingerprint density at radius 3 is 2.89 bits per heavy atom. The van der Waals surface area contributed by atoms with Gasteiger partial charge in [-0.25, -0.2) is 0 Å². The maximum absolute atomic E-state index is 6.38. The zero-order valence-electron chi connectivity index (χ0n) is 11.7. The summed E-state index contributed by atoms with van der Waals surface area (Å²) in [7, 11) is 2.02. The number of nitrogens with one attached hydrogen (secondary N) is 1. The minimum atomic E-state index is 0.273. The minimum absolute atomic E-state index is 0.273. The van der Waals surface area contributed by atoms with Gasteiger partial charge >= 0.3 is 0 Å². The fourth-order valence-electron chi connectivity index (χ4n) is 2.54. The smallest absolute Gasteiger partial charge is 0.0834 e. The van der Waals surface area contributed by atoms with E-state index >= 15 is 0 Å². The van der Waals surface area contributed by atoms with Crippen LogP contribution in [0.1, 0.15) is 32.0 Å². The van der Waals surface area contributed by atoms with Crippen LogP contribution in [0.2, 0.25) is 5.02 Å². The Bertz CT molecular complexity index is 411. The molecule has 0 aliphatic carbocycles. The SMILES string of the molecule is CCCn1ncc(Cl)c1C(NC)C1SCCSC1C. The molecule has 1 fully saturated rings. The number of aromatic nitrogens is 2. The number of hydrogen-bond acceptors (Lipinski definition) is 4. The summed E-state index contributed by atoms with van der Waals surface area (Å²) in [4.78, 5) is 0. The Morgan fingerprint density at radius 1 is 1.53 bits per heavy atom. The third-order valence-electron chi connectivity index (χ3n) is 3.44. The van der Waals surface area contributed by atoms with Crippen molar-refractivity contribution in [3.63, 3.8) is 0 Å².